The van der Waals surface area contributed by atoms with E-state index >= 15 is 0 Å². The number of amides is 2. The Labute approximate surface area is 270 Å². The van der Waals surface area contributed by atoms with Crippen molar-refractivity contribution < 1.29 is 28.5 Å². The summed E-state index contributed by atoms with van der Waals surface area (Å²) in [7, 11) is 4.79. The highest BCUT2D eigenvalue weighted by molar-refractivity contribution is 8.00. The fraction of sp³-hybridized carbons (Fsp3) is 0.303. The van der Waals surface area contributed by atoms with Crippen molar-refractivity contribution in [2.45, 2.75) is 5.25 Å². The van der Waals surface area contributed by atoms with Crippen LogP contribution in [-0.4, -0.2) is 86.4 Å². The van der Waals surface area contributed by atoms with Gasteiger partial charge in [0, 0.05) is 29.2 Å². The fourth-order valence-electron chi connectivity index (χ4n) is 5.57. The van der Waals surface area contributed by atoms with E-state index in [0.29, 0.717) is 65.8 Å². The molecule has 4 aromatic rings. The van der Waals surface area contributed by atoms with Gasteiger partial charge in [-0.2, -0.15) is 5.10 Å². The van der Waals surface area contributed by atoms with Crippen LogP contribution in [0.4, 0.5) is 5.82 Å². The minimum Gasteiger partial charge on any atom is -0.497 e. The molecule has 10 nitrogen and oxygen atoms in total. The number of carbonyl (C=O) groups is 2. The summed E-state index contributed by atoms with van der Waals surface area (Å²) in [6.07, 6.45) is 0. The topological polar surface area (TPSA) is 95.4 Å². The number of hydrogen-bond acceptors (Lipinski definition) is 8. The number of fused-ring (bicyclic) bond motifs is 1. The molecule has 1 atom stereocenters. The fourth-order valence-corrected chi connectivity index (χ4v) is 6.88. The summed E-state index contributed by atoms with van der Waals surface area (Å²) in [4.78, 5) is 31.0. The zero-order valence-corrected chi connectivity index (χ0v) is 26.8. The van der Waals surface area contributed by atoms with Crippen molar-refractivity contribution in [3.8, 4) is 34.2 Å². The molecule has 0 saturated carbocycles. The first kappa shape index (κ1) is 30.8. The lowest BCUT2D eigenvalue weighted by atomic mass is 9.99. The standard InChI is InChI=1S/C33H33ClN4O6S/c1-41-25-11-9-24(10-12-25)38-33-30(31(35-38)21-4-7-23(34)8-5-21)32(22-6-13-26(42-2)27(18-22)43-3)45-20-29(40)37(33)19-28(39)36-14-16-44-17-15-36/h4-13,18,32H,14-17,19-20H2,1-3H3/t32-/m1/s1. The second-order valence-electron chi connectivity index (χ2n) is 10.5. The molecular formula is C33H33ClN4O6S. The number of rotatable bonds is 8. The molecule has 0 unspecified atom stereocenters. The number of ether oxygens (including phenoxy) is 4. The molecule has 1 fully saturated rings. The van der Waals surface area contributed by atoms with Crippen LogP contribution in [0.15, 0.2) is 66.7 Å². The first-order valence-electron chi connectivity index (χ1n) is 14.4. The van der Waals surface area contributed by atoms with E-state index in [2.05, 4.69) is 0 Å². The van der Waals surface area contributed by atoms with Crippen LogP contribution in [0, 0.1) is 0 Å². The number of hydrogen-bond donors (Lipinski definition) is 0. The van der Waals surface area contributed by atoms with E-state index in [1.165, 1.54) is 11.8 Å². The number of aromatic nitrogens is 2. The number of morpholine rings is 1. The molecule has 3 aromatic carbocycles. The Hall–Kier alpha value is -4.19. The molecule has 0 bridgehead atoms. The Kier molecular flexibility index (Phi) is 9.20. The SMILES string of the molecule is COc1ccc(-n2nc(-c3ccc(Cl)cc3)c3c2N(CC(=O)N2CCOCC2)C(=O)CS[C@@H]3c2ccc(OC)c(OC)c2)cc1. The highest BCUT2D eigenvalue weighted by atomic mass is 35.5. The third-order valence-corrected chi connectivity index (χ3v) is 9.40. The van der Waals surface area contributed by atoms with Gasteiger partial charge in [0.25, 0.3) is 0 Å². The van der Waals surface area contributed by atoms with Crippen LogP contribution in [0.1, 0.15) is 16.4 Å². The number of halogens is 1. The van der Waals surface area contributed by atoms with Crippen LogP contribution in [0.25, 0.3) is 16.9 Å². The molecule has 1 aromatic heterocycles. The molecule has 3 heterocycles. The van der Waals surface area contributed by atoms with Gasteiger partial charge < -0.3 is 23.8 Å². The third kappa shape index (κ3) is 6.20. The predicted octanol–water partition coefficient (Wildman–Crippen LogP) is 5.25. The van der Waals surface area contributed by atoms with Crippen molar-refractivity contribution in [3.63, 3.8) is 0 Å². The molecule has 0 radical (unpaired) electrons. The van der Waals surface area contributed by atoms with E-state index in [0.717, 1.165) is 16.7 Å². The van der Waals surface area contributed by atoms with Crippen molar-refractivity contribution in [3.05, 3.63) is 82.9 Å². The molecule has 45 heavy (non-hydrogen) atoms. The molecule has 2 aliphatic heterocycles. The minimum absolute atomic E-state index is 0.132. The van der Waals surface area contributed by atoms with Crippen LogP contribution < -0.4 is 19.1 Å². The summed E-state index contributed by atoms with van der Waals surface area (Å²) in [5.41, 5.74) is 3.90. The number of carbonyl (C=O) groups excluding carboxylic acids is 2. The largest absolute Gasteiger partial charge is 0.497 e. The maximum Gasteiger partial charge on any atom is 0.242 e. The molecule has 0 spiro atoms. The Morgan fingerprint density at radius 1 is 0.956 bits per heavy atom. The van der Waals surface area contributed by atoms with Crippen molar-refractivity contribution in [1.82, 2.24) is 14.7 Å². The van der Waals surface area contributed by atoms with Gasteiger partial charge in [0.15, 0.2) is 11.5 Å². The first-order chi connectivity index (χ1) is 21.9. The maximum absolute atomic E-state index is 14.1. The molecule has 234 valence electrons. The quantitative estimate of drug-likeness (QED) is 0.256. The minimum atomic E-state index is -0.343. The van der Waals surface area contributed by atoms with Crippen LogP contribution in [0.5, 0.6) is 17.2 Å². The monoisotopic (exact) mass is 648 g/mol. The van der Waals surface area contributed by atoms with E-state index in [-0.39, 0.29) is 29.4 Å². The maximum atomic E-state index is 14.1. The zero-order valence-electron chi connectivity index (χ0n) is 25.2. The first-order valence-corrected chi connectivity index (χ1v) is 15.9. The smallest absolute Gasteiger partial charge is 0.242 e. The molecule has 12 heteroatoms. The number of anilines is 1. The lowest BCUT2D eigenvalue weighted by Gasteiger charge is -2.30. The molecular weight excluding hydrogens is 616 g/mol. The summed E-state index contributed by atoms with van der Waals surface area (Å²) < 4.78 is 23.8. The summed E-state index contributed by atoms with van der Waals surface area (Å²) in [6.45, 7) is 1.75. The van der Waals surface area contributed by atoms with Gasteiger partial charge >= 0.3 is 0 Å². The van der Waals surface area contributed by atoms with Gasteiger partial charge in [-0.25, -0.2) is 4.68 Å². The summed E-state index contributed by atoms with van der Waals surface area (Å²) >= 11 is 7.77. The Morgan fingerprint density at radius 2 is 1.67 bits per heavy atom. The van der Waals surface area contributed by atoms with Gasteiger partial charge in [-0.15, -0.1) is 11.8 Å². The van der Waals surface area contributed by atoms with Crippen LogP contribution in [0.2, 0.25) is 5.02 Å². The Balaban J connectivity index is 1.59. The van der Waals surface area contributed by atoms with Crippen LogP contribution in [-0.2, 0) is 14.3 Å². The highest BCUT2D eigenvalue weighted by Crippen LogP contribution is 2.49. The van der Waals surface area contributed by atoms with Crippen LogP contribution in [0.3, 0.4) is 0 Å². The van der Waals surface area contributed by atoms with Crippen molar-refractivity contribution in [2.24, 2.45) is 0 Å². The molecule has 2 amide bonds. The molecule has 6 rings (SSSR count). The summed E-state index contributed by atoms with van der Waals surface area (Å²) in [5.74, 6) is 2.19. The van der Waals surface area contributed by atoms with E-state index < -0.39 is 0 Å². The van der Waals surface area contributed by atoms with E-state index in [4.69, 9.17) is 35.6 Å². The summed E-state index contributed by atoms with van der Waals surface area (Å²) in [5, 5.41) is 5.39. The molecule has 0 aliphatic carbocycles. The molecule has 1 saturated heterocycles. The second kappa shape index (κ2) is 13.4. The van der Waals surface area contributed by atoms with Crippen molar-refractivity contribution in [1.29, 1.82) is 0 Å². The lowest BCUT2D eigenvalue weighted by Crippen LogP contribution is -2.48. The van der Waals surface area contributed by atoms with Crippen LogP contribution >= 0.6 is 23.4 Å². The van der Waals surface area contributed by atoms with Gasteiger partial charge in [-0.05, 0) is 54.1 Å². The Morgan fingerprint density at radius 3 is 2.33 bits per heavy atom. The normalized spacial score (nSPS) is 16.6. The molecule has 2 aliphatic rings. The number of thioether (sulfide) groups is 1. The van der Waals surface area contributed by atoms with E-state index in [9.17, 15) is 9.59 Å². The van der Waals surface area contributed by atoms with Crippen molar-refractivity contribution in [2.75, 3.05) is 64.8 Å². The van der Waals surface area contributed by atoms with Gasteiger partial charge in [0.05, 0.1) is 56.9 Å². The zero-order chi connectivity index (χ0) is 31.5. The average molecular weight is 649 g/mol. The van der Waals surface area contributed by atoms with E-state index in [1.54, 1.807) is 35.8 Å². The van der Waals surface area contributed by atoms with Gasteiger partial charge in [0.1, 0.15) is 18.1 Å². The number of nitrogens with zero attached hydrogens (tertiary/aromatic N) is 4. The lowest BCUT2D eigenvalue weighted by molar-refractivity contribution is -0.134. The summed E-state index contributed by atoms with van der Waals surface area (Å²) in [6, 6.07) is 20.7. The van der Waals surface area contributed by atoms with Gasteiger partial charge in [0.2, 0.25) is 11.8 Å². The number of benzene rings is 3. The predicted molar refractivity (Wildman–Crippen MR) is 174 cm³/mol. The van der Waals surface area contributed by atoms with Gasteiger partial charge in [-0.3, -0.25) is 14.5 Å². The third-order valence-electron chi connectivity index (χ3n) is 7.89. The highest BCUT2D eigenvalue weighted by Gasteiger charge is 2.38. The second-order valence-corrected chi connectivity index (χ2v) is 12.0. The number of methoxy groups -OCH3 is 3. The molecule has 0 N–H and O–H groups in total. The average Bonchev–Trinajstić information content (AvgIpc) is 3.41. The Bertz CT molecular complexity index is 1690. The van der Waals surface area contributed by atoms with Gasteiger partial charge in [-0.1, -0.05) is 29.8 Å². The van der Waals surface area contributed by atoms with E-state index in [1.807, 2.05) is 66.7 Å². The van der Waals surface area contributed by atoms with Crippen molar-refractivity contribution >= 4 is 41.0 Å².